The Hall–Kier alpha value is -0.920. The van der Waals surface area contributed by atoms with Gasteiger partial charge in [-0.25, -0.2) is 0 Å². The van der Waals surface area contributed by atoms with Crippen molar-refractivity contribution in [3.8, 4) is 0 Å². The number of rotatable bonds is 0. The van der Waals surface area contributed by atoms with E-state index in [0.717, 1.165) is 19.4 Å². The van der Waals surface area contributed by atoms with E-state index in [1.807, 2.05) is 12.4 Å². The van der Waals surface area contributed by atoms with Crippen molar-refractivity contribution in [3.05, 3.63) is 11.3 Å². The first-order chi connectivity index (χ1) is 4.97. The van der Waals surface area contributed by atoms with Gasteiger partial charge in [-0.3, -0.25) is 9.98 Å². The van der Waals surface area contributed by atoms with Crippen molar-refractivity contribution in [2.45, 2.75) is 19.3 Å². The van der Waals surface area contributed by atoms with Crippen molar-refractivity contribution >= 4 is 12.4 Å². The first-order valence-corrected chi connectivity index (χ1v) is 3.68. The summed E-state index contributed by atoms with van der Waals surface area (Å²) in [5.74, 6) is 0. The third-order valence-electron chi connectivity index (χ3n) is 1.94. The van der Waals surface area contributed by atoms with Crippen LogP contribution in [0, 0.1) is 0 Å². The Morgan fingerprint density at radius 1 is 1.30 bits per heavy atom. The summed E-state index contributed by atoms with van der Waals surface area (Å²) < 4.78 is 0. The zero-order chi connectivity index (χ0) is 6.81. The summed E-state index contributed by atoms with van der Waals surface area (Å²) in [7, 11) is 0. The molecule has 0 saturated carbocycles. The van der Waals surface area contributed by atoms with E-state index in [4.69, 9.17) is 0 Å². The molecule has 2 nitrogen and oxygen atoms in total. The highest BCUT2D eigenvalue weighted by Gasteiger charge is 2.10. The summed E-state index contributed by atoms with van der Waals surface area (Å²) in [5, 5.41) is 0. The first-order valence-electron chi connectivity index (χ1n) is 3.68. The van der Waals surface area contributed by atoms with Crippen molar-refractivity contribution in [1.82, 2.24) is 0 Å². The molecule has 0 atom stereocenters. The molecule has 2 rings (SSSR count). The minimum Gasteiger partial charge on any atom is -0.291 e. The summed E-state index contributed by atoms with van der Waals surface area (Å²) in [6.45, 7) is 0.811. The van der Waals surface area contributed by atoms with Crippen molar-refractivity contribution in [2.75, 3.05) is 6.54 Å². The van der Waals surface area contributed by atoms with Crippen LogP contribution in [0.5, 0.6) is 0 Å². The van der Waals surface area contributed by atoms with E-state index in [0.29, 0.717) is 0 Å². The van der Waals surface area contributed by atoms with E-state index in [1.165, 1.54) is 17.7 Å². The summed E-state index contributed by atoms with van der Waals surface area (Å²) >= 11 is 0. The first kappa shape index (κ1) is 5.83. The second-order valence-electron chi connectivity index (χ2n) is 2.63. The lowest BCUT2D eigenvalue weighted by atomic mass is 10.0. The van der Waals surface area contributed by atoms with Gasteiger partial charge in [0.05, 0.1) is 12.2 Å². The highest BCUT2D eigenvalue weighted by Crippen LogP contribution is 2.21. The molecular formula is C8H10N2. The standard InChI is InChI=1S/C8H10N2/c1-2-7-3-5-9-6-8(7)10-4-1/h4-5H,1-3,6H2. The Kier molecular flexibility index (Phi) is 1.38. The predicted molar refractivity (Wildman–Crippen MR) is 42.7 cm³/mol. The van der Waals surface area contributed by atoms with Gasteiger partial charge in [-0.15, -0.1) is 0 Å². The lowest BCUT2D eigenvalue weighted by molar-refractivity contribution is 0.885. The maximum Gasteiger partial charge on any atom is 0.0807 e. The number of hydrogen-bond acceptors (Lipinski definition) is 2. The monoisotopic (exact) mass is 134 g/mol. The van der Waals surface area contributed by atoms with Gasteiger partial charge in [-0.1, -0.05) is 0 Å². The van der Waals surface area contributed by atoms with Crippen LogP contribution in [0.15, 0.2) is 21.3 Å². The molecule has 0 N–H and O–H groups in total. The number of dihydropyridines is 1. The van der Waals surface area contributed by atoms with Crippen LogP contribution in [0.3, 0.4) is 0 Å². The van der Waals surface area contributed by atoms with Gasteiger partial charge in [0, 0.05) is 18.9 Å². The zero-order valence-electron chi connectivity index (χ0n) is 5.88. The van der Waals surface area contributed by atoms with Gasteiger partial charge in [0.15, 0.2) is 0 Å². The van der Waals surface area contributed by atoms with Crippen LogP contribution in [0.25, 0.3) is 0 Å². The van der Waals surface area contributed by atoms with Gasteiger partial charge in [-0.2, -0.15) is 0 Å². The molecule has 0 aromatic rings. The Labute approximate surface area is 60.4 Å². The second kappa shape index (κ2) is 2.37. The van der Waals surface area contributed by atoms with Crippen LogP contribution in [0.2, 0.25) is 0 Å². The number of allylic oxidation sites excluding steroid dienone is 1. The highest BCUT2D eigenvalue weighted by atomic mass is 14.8. The quantitative estimate of drug-likeness (QED) is 0.480. The lowest BCUT2D eigenvalue weighted by Crippen LogP contribution is -2.05. The van der Waals surface area contributed by atoms with Gasteiger partial charge >= 0.3 is 0 Å². The molecule has 0 bridgehead atoms. The summed E-state index contributed by atoms with van der Waals surface area (Å²) in [4.78, 5) is 8.46. The Bertz CT molecular complexity index is 223. The molecule has 2 aliphatic heterocycles. The van der Waals surface area contributed by atoms with E-state index in [-0.39, 0.29) is 0 Å². The fraction of sp³-hybridized carbons (Fsp3) is 0.500. The average Bonchev–Trinajstić information content (AvgIpc) is 2.05. The number of aliphatic imine (C=N–C) groups is 2. The topological polar surface area (TPSA) is 24.7 Å². The largest absolute Gasteiger partial charge is 0.291 e. The molecule has 0 unspecified atom stereocenters. The normalized spacial score (nSPS) is 23.2. The molecule has 2 aliphatic rings. The third-order valence-corrected chi connectivity index (χ3v) is 1.94. The Morgan fingerprint density at radius 2 is 2.30 bits per heavy atom. The third kappa shape index (κ3) is 0.897. The van der Waals surface area contributed by atoms with Crippen molar-refractivity contribution < 1.29 is 0 Å². The lowest BCUT2D eigenvalue weighted by Gasteiger charge is -2.14. The second-order valence-corrected chi connectivity index (χ2v) is 2.63. The molecule has 0 saturated heterocycles. The minimum absolute atomic E-state index is 0.811. The van der Waals surface area contributed by atoms with Gasteiger partial charge in [0.2, 0.25) is 0 Å². The maximum atomic E-state index is 4.29. The molecule has 52 valence electrons. The zero-order valence-corrected chi connectivity index (χ0v) is 5.88. The van der Waals surface area contributed by atoms with Gasteiger partial charge in [0.1, 0.15) is 0 Å². The van der Waals surface area contributed by atoms with Crippen molar-refractivity contribution in [1.29, 1.82) is 0 Å². The average molecular weight is 134 g/mol. The van der Waals surface area contributed by atoms with E-state index < -0.39 is 0 Å². The predicted octanol–water partition coefficient (Wildman–Crippen LogP) is 1.58. The minimum atomic E-state index is 0.811. The molecule has 0 amide bonds. The van der Waals surface area contributed by atoms with E-state index in [9.17, 15) is 0 Å². The summed E-state index contributed by atoms with van der Waals surface area (Å²) in [6, 6.07) is 0. The molecule has 0 fully saturated rings. The number of hydrogen-bond donors (Lipinski definition) is 0. The summed E-state index contributed by atoms with van der Waals surface area (Å²) in [6.07, 6.45) is 7.35. The molecule has 10 heavy (non-hydrogen) atoms. The van der Waals surface area contributed by atoms with Crippen LogP contribution < -0.4 is 0 Å². The molecule has 2 heteroatoms. The SMILES string of the molecule is C1=NCC2=C(C1)CCC=N2. The summed E-state index contributed by atoms with van der Waals surface area (Å²) in [5.41, 5.74) is 2.71. The molecule has 0 aliphatic carbocycles. The van der Waals surface area contributed by atoms with Crippen LogP contribution in [0.1, 0.15) is 19.3 Å². The Balaban J connectivity index is 2.25. The smallest absolute Gasteiger partial charge is 0.0807 e. The van der Waals surface area contributed by atoms with Crippen molar-refractivity contribution in [3.63, 3.8) is 0 Å². The van der Waals surface area contributed by atoms with Gasteiger partial charge in [0.25, 0.3) is 0 Å². The van der Waals surface area contributed by atoms with E-state index in [1.54, 1.807) is 0 Å². The Morgan fingerprint density at radius 3 is 3.20 bits per heavy atom. The molecule has 2 heterocycles. The molecule has 0 spiro atoms. The van der Waals surface area contributed by atoms with Crippen LogP contribution >= 0.6 is 0 Å². The van der Waals surface area contributed by atoms with Gasteiger partial charge in [-0.05, 0) is 18.4 Å². The van der Waals surface area contributed by atoms with E-state index in [2.05, 4.69) is 9.98 Å². The van der Waals surface area contributed by atoms with Crippen LogP contribution in [-0.4, -0.2) is 19.0 Å². The molecule has 0 aromatic carbocycles. The molecule has 0 radical (unpaired) electrons. The highest BCUT2D eigenvalue weighted by molar-refractivity contribution is 5.68. The fourth-order valence-electron chi connectivity index (χ4n) is 1.35. The van der Waals surface area contributed by atoms with Crippen LogP contribution in [-0.2, 0) is 0 Å². The van der Waals surface area contributed by atoms with Crippen LogP contribution in [0.4, 0.5) is 0 Å². The fourth-order valence-corrected chi connectivity index (χ4v) is 1.35. The van der Waals surface area contributed by atoms with Gasteiger partial charge < -0.3 is 0 Å². The van der Waals surface area contributed by atoms with Crippen molar-refractivity contribution in [2.24, 2.45) is 9.98 Å². The maximum absolute atomic E-state index is 4.29. The molecular weight excluding hydrogens is 124 g/mol. The number of nitrogens with zero attached hydrogens (tertiary/aromatic N) is 2. The molecule has 0 aromatic heterocycles. The van der Waals surface area contributed by atoms with E-state index >= 15 is 0 Å².